The van der Waals surface area contributed by atoms with E-state index in [9.17, 15) is 9.59 Å². The van der Waals surface area contributed by atoms with Gasteiger partial charge < -0.3 is 14.5 Å². The third kappa shape index (κ3) is 3.50. The highest BCUT2D eigenvalue weighted by Gasteiger charge is 2.13. The molecule has 0 fully saturated rings. The van der Waals surface area contributed by atoms with Crippen LogP contribution in [0.25, 0.3) is 21.8 Å². The molecular formula is C20H21NO4. The SMILES string of the molecule is CCCOC(=O)c1ccc2[nH]c3ccc(C(=O)OCCC)cc3c2c1. The molecule has 0 aliphatic rings. The number of rotatable bonds is 6. The quantitative estimate of drug-likeness (QED) is 0.674. The zero-order valence-corrected chi connectivity index (χ0v) is 14.4. The van der Waals surface area contributed by atoms with Gasteiger partial charge in [0, 0.05) is 21.8 Å². The van der Waals surface area contributed by atoms with Gasteiger partial charge in [-0.1, -0.05) is 13.8 Å². The van der Waals surface area contributed by atoms with Gasteiger partial charge in [-0.15, -0.1) is 0 Å². The minimum atomic E-state index is -0.336. The molecule has 0 aliphatic carbocycles. The second-order valence-electron chi connectivity index (χ2n) is 5.92. The lowest BCUT2D eigenvalue weighted by atomic mass is 10.1. The molecule has 1 heterocycles. The smallest absolute Gasteiger partial charge is 0.338 e. The first-order valence-corrected chi connectivity index (χ1v) is 8.53. The Balaban J connectivity index is 2.01. The fourth-order valence-corrected chi connectivity index (χ4v) is 2.71. The van der Waals surface area contributed by atoms with Gasteiger partial charge in [-0.25, -0.2) is 9.59 Å². The molecule has 0 spiro atoms. The Morgan fingerprint density at radius 1 is 0.800 bits per heavy atom. The molecule has 3 rings (SSSR count). The average molecular weight is 339 g/mol. The van der Waals surface area contributed by atoms with Crippen LogP contribution in [0, 0.1) is 0 Å². The van der Waals surface area contributed by atoms with Crippen LogP contribution < -0.4 is 0 Å². The number of carbonyl (C=O) groups excluding carboxylic acids is 2. The monoisotopic (exact) mass is 339 g/mol. The number of aromatic amines is 1. The number of carbonyl (C=O) groups is 2. The van der Waals surface area contributed by atoms with Crippen molar-refractivity contribution in [1.29, 1.82) is 0 Å². The van der Waals surface area contributed by atoms with E-state index in [0.717, 1.165) is 34.6 Å². The minimum Gasteiger partial charge on any atom is -0.462 e. The van der Waals surface area contributed by atoms with Crippen molar-refractivity contribution in [2.24, 2.45) is 0 Å². The van der Waals surface area contributed by atoms with Gasteiger partial charge in [0.2, 0.25) is 0 Å². The number of ether oxygens (including phenoxy) is 2. The molecule has 1 N–H and O–H groups in total. The first-order valence-electron chi connectivity index (χ1n) is 8.53. The van der Waals surface area contributed by atoms with Crippen molar-refractivity contribution >= 4 is 33.7 Å². The summed E-state index contributed by atoms with van der Waals surface area (Å²) in [6.07, 6.45) is 1.56. The largest absolute Gasteiger partial charge is 0.462 e. The van der Waals surface area contributed by atoms with E-state index in [0.29, 0.717) is 24.3 Å². The standard InChI is InChI=1S/C20H21NO4/c1-3-9-24-19(22)13-5-7-17-15(11-13)16-12-14(6-8-18(16)21-17)20(23)25-10-4-2/h5-8,11-12,21H,3-4,9-10H2,1-2H3. The van der Waals surface area contributed by atoms with Crippen LogP contribution in [-0.4, -0.2) is 30.1 Å². The van der Waals surface area contributed by atoms with Crippen LogP contribution in [-0.2, 0) is 9.47 Å². The Morgan fingerprint density at radius 2 is 1.24 bits per heavy atom. The summed E-state index contributed by atoms with van der Waals surface area (Å²) in [5, 5.41) is 1.76. The van der Waals surface area contributed by atoms with Crippen LogP contribution >= 0.6 is 0 Å². The van der Waals surface area contributed by atoms with E-state index in [1.54, 1.807) is 24.3 Å². The lowest BCUT2D eigenvalue weighted by Gasteiger charge is -2.04. The van der Waals surface area contributed by atoms with Crippen LogP contribution in [0.15, 0.2) is 36.4 Å². The maximum atomic E-state index is 12.1. The van der Waals surface area contributed by atoms with Crippen molar-refractivity contribution in [2.45, 2.75) is 26.7 Å². The van der Waals surface area contributed by atoms with Crippen molar-refractivity contribution in [3.05, 3.63) is 47.5 Å². The van der Waals surface area contributed by atoms with E-state index in [1.807, 2.05) is 26.0 Å². The maximum Gasteiger partial charge on any atom is 0.338 e. The van der Waals surface area contributed by atoms with Crippen LogP contribution in [0.1, 0.15) is 47.4 Å². The van der Waals surface area contributed by atoms with Gasteiger partial charge in [-0.05, 0) is 49.2 Å². The van der Waals surface area contributed by atoms with E-state index in [2.05, 4.69) is 4.98 Å². The van der Waals surface area contributed by atoms with Gasteiger partial charge in [-0.2, -0.15) is 0 Å². The third-order valence-electron chi connectivity index (χ3n) is 3.94. The van der Waals surface area contributed by atoms with Gasteiger partial charge >= 0.3 is 11.9 Å². The summed E-state index contributed by atoms with van der Waals surface area (Å²) < 4.78 is 10.4. The predicted molar refractivity (Wildman–Crippen MR) is 97.0 cm³/mol. The molecule has 5 heteroatoms. The number of H-pyrrole nitrogens is 1. The van der Waals surface area contributed by atoms with Gasteiger partial charge in [0.05, 0.1) is 24.3 Å². The summed E-state index contributed by atoms with van der Waals surface area (Å²) in [6.45, 7) is 4.71. The molecule has 0 saturated carbocycles. The lowest BCUT2D eigenvalue weighted by Crippen LogP contribution is -2.05. The minimum absolute atomic E-state index is 0.336. The van der Waals surface area contributed by atoms with Crippen molar-refractivity contribution in [2.75, 3.05) is 13.2 Å². The summed E-state index contributed by atoms with van der Waals surface area (Å²) in [5.74, 6) is -0.673. The van der Waals surface area contributed by atoms with Crippen LogP contribution in [0.2, 0.25) is 0 Å². The lowest BCUT2D eigenvalue weighted by molar-refractivity contribution is 0.0496. The highest BCUT2D eigenvalue weighted by atomic mass is 16.5. The molecule has 2 aromatic carbocycles. The molecule has 3 aromatic rings. The fraction of sp³-hybridized carbons (Fsp3) is 0.300. The molecule has 0 atom stereocenters. The Bertz CT molecular complexity index is 852. The number of fused-ring (bicyclic) bond motifs is 3. The van der Waals surface area contributed by atoms with Gasteiger partial charge in [-0.3, -0.25) is 0 Å². The third-order valence-corrected chi connectivity index (χ3v) is 3.94. The molecule has 0 saturated heterocycles. The molecule has 0 unspecified atom stereocenters. The summed E-state index contributed by atoms with van der Waals surface area (Å²) in [7, 11) is 0. The van der Waals surface area contributed by atoms with E-state index < -0.39 is 0 Å². The molecule has 0 radical (unpaired) electrons. The van der Waals surface area contributed by atoms with Crippen molar-refractivity contribution < 1.29 is 19.1 Å². The number of nitrogens with one attached hydrogen (secondary N) is 1. The Kier molecular flexibility index (Phi) is 5.03. The Morgan fingerprint density at radius 3 is 1.64 bits per heavy atom. The molecule has 0 bridgehead atoms. The van der Waals surface area contributed by atoms with Crippen molar-refractivity contribution in [1.82, 2.24) is 4.98 Å². The predicted octanol–water partition coefficient (Wildman–Crippen LogP) is 4.45. The molecule has 0 amide bonds. The Hall–Kier alpha value is -2.82. The number of benzene rings is 2. The molecular weight excluding hydrogens is 318 g/mol. The second-order valence-corrected chi connectivity index (χ2v) is 5.92. The van der Waals surface area contributed by atoms with Gasteiger partial charge in [0.25, 0.3) is 0 Å². The molecule has 0 aliphatic heterocycles. The number of hydrogen-bond acceptors (Lipinski definition) is 4. The van der Waals surface area contributed by atoms with Crippen molar-refractivity contribution in [3.63, 3.8) is 0 Å². The maximum absolute atomic E-state index is 12.1. The highest BCUT2D eigenvalue weighted by Crippen LogP contribution is 2.27. The summed E-state index contributed by atoms with van der Waals surface area (Å²) in [4.78, 5) is 27.5. The van der Waals surface area contributed by atoms with E-state index in [1.165, 1.54) is 0 Å². The van der Waals surface area contributed by atoms with E-state index in [-0.39, 0.29) is 11.9 Å². The summed E-state index contributed by atoms with van der Waals surface area (Å²) in [6, 6.07) is 10.8. The first kappa shape index (κ1) is 17.0. The molecule has 5 nitrogen and oxygen atoms in total. The molecule has 130 valence electrons. The summed E-state index contributed by atoms with van der Waals surface area (Å²) >= 11 is 0. The van der Waals surface area contributed by atoms with Gasteiger partial charge in [0.15, 0.2) is 0 Å². The summed E-state index contributed by atoms with van der Waals surface area (Å²) in [5.41, 5.74) is 2.81. The Labute approximate surface area is 145 Å². The van der Waals surface area contributed by atoms with Crippen molar-refractivity contribution in [3.8, 4) is 0 Å². The number of hydrogen-bond donors (Lipinski definition) is 1. The molecule has 1 aromatic heterocycles. The fourth-order valence-electron chi connectivity index (χ4n) is 2.71. The zero-order chi connectivity index (χ0) is 17.8. The van der Waals surface area contributed by atoms with Crippen LogP contribution in [0.3, 0.4) is 0 Å². The second kappa shape index (κ2) is 7.38. The van der Waals surface area contributed by atoms with Crippen LogP contribution in [0.4, 0.5) is 0 Å². The van der Waals surface area contributed by atoms with E-state index >= 15 is 0 Å². The number of esters is 2. The normalized spacial score (nSPS) is 11.0. The van der Waals surface area contributed by atoms with Gasteiger partial charge in [0.1, 0.15) is 0 Å². The average Bonchev–Trinajstić information content (AvgIpc) is 3.01. The number of aromatic nitrogens is 1. The van der Waals surface area contributed by atoms with Crippen LogP contribution in [0.5, 0.6) is 0 Å². The topological polar surface area (TPSA) is 68.4 Å². The first-order chi connectivity index (χ1) is 12.1. The highest BCUT2D eigenvalue weighted by molar-refractivity contribution is 6.11. The molecule has 25 heavy (non-hydrogen) atoms. The van der Waals surface area contributed by atoms with E-state index in [4.69, 9.17) is 9.47 Å². The zero-order valence-electron chi connectivity index (χ0n) is 14.4.